The van der Waals surface area contributed by atoms with Crippen molar-refractivity contribution in [1.82, 2.24) is 5.32 Å². The fourth-order valence-corrected chi connectivity index (χ4v) is 1.98. The first kappa shape index (κ1) is 14.3. The lowest BCUT2D eigenvalue weighted by molar-refractivity contribution is -0.121. The zero-order chi connectivity index (χ0) is 14.2. The van der Waals surface area contributed by atoms with Crippen molar-refractivity contribution in [2.24, 2.45) is 5.73 Å². The second kappa shape index (κ2) is 7.46. The highest BCUT2D eigenvalue weighted by atomic mass is 16.1. The summed E-state index contributed by atoms with van der Waals surface area (Å²) in [4.78, 5) is 11.8. The Morgan fingerprint density at radius 1 is 0.900 bits per heavy atom. The van der Waals surface area contributed by atoms with Crippen LogP contribution in [0.2, 0.25) is 0 Å². The summed E-state index contributed by atoms with van der Waals surface area (Å²) < 4.78 is 0. The summed E-state index contributed by atoms with van der Waals surface area (Å²) in [5.41, 5.74) is 8.93. The summed E-state index contributed by atoms with van der Waals surface area (Å²) in [6, 6.07) is 18.0. The fraction of sp³-hybridized carbons (Fsp3) is 0.235. The van der Waals surface area contributed by atoms with Crippen molar-refractivity contribution in [2.75, 3.05) is 0 Å². The molecule has 3 heteroatoms. The molecule has 1 amide bonds. The SMILES string of the molecule is NCc1ccc(CNC(=O)CCc2ccccc2)cc1. The summed E-state index contributed by atoms with van der Waals surface area (Å²) in [7, 11) is 0. The number of nitrogens with two attached hydrogens (primary N) is 1. The minimum atomic E-state index is 0.0803. The molecule has 0 spiro atoms. The van der Waals surface area contributed by atoms with E-state index in [4.69, 9.17) is 5.73 Å². The molecule has 2 aromatic rings. The molecule has 20 heavy (non-hydrogen) atoms. The minimum absolute atomic E-state index is 0.0803. The van der Waals surface area contributed by atoms with Crippen molar-refractivity contribution >= 4 is 5.91 Å². The van der Waals surface area contributed by atoms with Gasteiger partial charge >= 0.3 is 0 Å². The Bertz CT molecular complexity index is 535. The standard InChI is InChI=1S/C17H20N2O/c18-12-15-6-8-16(9-7-15)13-19-17(20)11-10-14-4-2-1-3-5-14/h1-9H,10-13,18H2,(H,19,20). The van der Waals surface area contributed by atoms with Crippen LogP contribution >= 0.6 is 0 Å². The minimum Gasteiger partial charge on any atom is -0.352 e. The first-order valence-electron chi connectivity index (χ1n) is 6.86. The predicted molar refractivity (Wildman–Crippen MR) is 80.9 cm³/mol. The van der Waals surface area contributed by atoms with Gasteiger partial charge in [0.05, 0.1) is 0 Å². The number of carbonyl (C=O) groups is 1. The Hall–Kier alpha value is -2.13. The third-order valence-corrected chi connectivity index (χ3v) is 3.23. The van der Waals surface area contributed by atoms with Gasteiger partial charge in [0.15, 0.2) is 0 Å². The average Bonchev–Trinajstić information content (AvgIpc) is 2.52. The van der Waals surface area contributed by atoms with Crippen LogP contribution in [0.25, 0.3) is 0 Å². The van der Waals surface area contributed by atoms with E-state index in [-0.39, 0.29) is 5.91 Å². The van der Waals surface area contributed by atoms with Crippen LogP contribution in [0.4, 0.5) is 0 Å². The van der Waals surface area contributed by atoms with Crippen LogP contribution in [0, 0.1) is 0 Å². The van der Waals surface area contributed by atoms with Gasteiger partial charge in [-0.05, 0) is 23.1 Å². The van der Waals surface area contributed by atoms with Crippen LogP contribution in [-0.2, 0) is 24.3 Å². The molecular formula is C17H20N2O. The summed E-state index contributed by atoms with van der Waals surface area (Å²) in [5.74, 6) is 0.0803. The maximum Gasteiger partial charge on any atom is 0.220 e. The maximum atomic E-state index is 11.8. The zero-order valence-corrected chi connectivity index (χ0v) is 11.5. The molecule has 0 saturated heterocycles. The highest BCUT2D eigenvalue weighted by molar-refractivity contribution is 5.76. The van der Waals surface area contributed by atoms with Crippen molar-refractivity contribution in [3.8, 4) is 0 Å². The molecule has 2 aromatic carbocycles. The Morgan fingerprint density at radius 3 is 2.20 bits per heavy atom. The molecule has 0 bridgehead atoms. The number of amides is 1. The molecule has 0 aliphatic heterocycles. The molecule has 0 saturated carbocycles. The van der Waals surface area contributed by atoms with E-state index >= 15 is 0 Å². The molecule has 0 radical (unpaired) electrons. The normalized spacial score (nSPS) is 10.2. The van der Waals surface area contributed by atoms with Crippen LogP contribution in [0.15, 0.2) is 54.6 Å². The molecule has 0 aromatic heterocycles. The number of carbonyl (C=O) groups excluding carboxylic acids is 1. The lowest BCUT2D eigenvalue weighted by Gasteiger charge is -2.06. The van der Waals surface area contributed by atoms with Crippen molar-refractivity contribution in [3.05, 3.63) is 71.3 Å². The molecular weight excluding hydrogens is 248 g/mol. The van der Waals surface area contributed by atoms with Crippen LogP contribution in [0.3, 0.4) is 0 Å². The van der Waals surface area contributed by atoms with E-state index in [1.165, 1.54) is 5.56 Å². The van der Waals surface area contributed by atoms with Gasteiger partial charge < -0.3 is 11.1 Å². The van der Waals surface area contributed by atoms with E-state index in [0.717, 1.165) is 17.5 Å². The number of benzene rings is 2. The summed E-state index contributed by atoms with van der Waals surface area (Å²) in [6.07, 6.45) is 1.30. The van der Waals surface area contributed by atoms with Crippen molar-refractivity contribution in [1.29, 1.82) is 0 Å². The van der Waals surface area contributed by atoms with E-state index in [0.29, 0.717) is 19.5 Å². The van der Waals surface area contributed by atoms with Gasteiger partial charge in [0, 0.05) is 19.5 Å². The Kier molecular flexibility index (Phi) is 5.33. The second-order valence-corrected chi connectivity index (χ2v) is 4.78. The zero-order valence-electron chi connectivity index (χ0n) is 11.5. The third kappa shape index (κ3) is 4.52. The van der Waals surface area contributed by atoms with Gasteiger partial charge in [-0.1, -0.05) is 54.6 Å². The van der Waals surface area contributed by atoms with Crippen LogP contribution < -0.4 is 11.1 Å². The molecule has 0 unspecified atom stereocenters. The van der Waals surface area contributed by atoms with Crippen LogP contribution in [0.1, 0.15) is 23.1 Å². The largest absolute Gasteiger partial charge is 0.352 e. The second-order valence-electron chi connectivity index (χ2n) is 4.78. The first-order chi connectivity index (χ1) is 9.78. The molecule has 0 atom stereocenters. The van der Waals surface area contributed by atoms with E-state index < -0.39 is 0 Å². The summed E-state index contributed by atoms with van der Waals surface area (Å²) in [6.45, 7) is 1.11. The van der Waals surface area contributed by atoms with Gasteiger partial charge in [-0.2, -0.15) is 0 Å². The number of nitrogens with one attached hydrogen (secondary N) is 1. The molecule has 3 N–H and O–H groups in total. The molecule has 0 aliphatic carbocycles. The van der Waals surface area contributed by atoms with E-state index in [1.54, 1.807) is 0 Å². The molecule has 0 heterocycles. The van der Waals surface area contributed by atoms with Gasteiger partial charge in [-0.25, -0.2) is 0 Å². The number of rotatable bonds is 6. The van der Waals surface area contributed by atoms with Gasteiger partial charge in [0.1, 0.15) is 0 Å². The Labute approximate surface area is 119 Å². The highest BCUT2D eigenvalue weighted by Crippen LogP contribution is 2.05. The molecule has 104 valence electrons. The highest BCUT2D eigenvalue weighted by Gasteiger charge is 2.02. The molecule has 0 aliphatic rings. The molecule has 2 rings (SSSR count). The van der Waals surface area contributed by atoms with Crippen molar-refractivity contribution < 1.29 is 4.79 Å². The van der Waals surface area contributed by atoms with E-state index in [1.807, 2.05) is 54.6 Å². The maximum absolute atomic E-state index is 11.8. The van der Waals surface area contributed by atoms with Gasteiger partial charge in [0.25, 0.3) is 0 Å². The fourth-order valence-electron chi connectivity index (χ4n) is 1.98. The lowest BCUT2D eigenvalue weighted by atomic mass is 10.1. The predicted octanol–water partition coefficient (Wildman–Crippen LogP) is 2.39. The smallest absolute Gasteiger partial charge is 0.220 e. The van der Waals surface area contributed by atoms with Gasteiger partial charge in [-0.3, -0.25) is 4.79 Å². The van der Waals surface area contributed by atoms with E-state index in [2.05, 4.69) is 5.32 Å². The third-order valence-electron chi connectivity index (χ3n) is 3.23. The van der Waals surface area contributed by atoms with Crippen LogP contribution in [-0.4, -0.2) is 5.91 Å². The van der Waals surface area contributed by atoms with Crippen molar-refractivity contribution in [3.63, 3.8) is 0 Å². The average molecular weight is 268 g/mol. The van der Waals surface area contributed by atoms with Crippen molar-refractivity contribution in [2.45, 2.75) is 25.9 Å². The summed E-state index contributed by atoms with van der Waals surface area (Å²) >= 11 is 0. The first-order valence-corrected chi connectivity index (χ1v) is 6.86. The Morgan fingerprint density at radius 2 is 1.55 bits per heavy atom. The number of hydrogen-bond donors (Lipinski definition) is 2. The van der Waals surface area contributed by atoms with Crippen LogP contribution in [0.5, 0.6) is 0 Å². The van der Waals surface area contributed by atoms with E-state index in [9.17, 15) is 4.79 Å². The van der Waals surface area contributed by atoms with Gasteiger partial charge in [-0.15, -0.1) is 0 Å². The number of hydrogen-bond acceptors (Lipinski definition) is 2. The quantitative estimate of drug-likeness (QED) is 0.845. The Balaban J connectivity index is 1.74. The van der Waals surface area contributed by atoms with Gasteiger partial charge in [0.2, 0.25) is 5.91 Å². The number of aryl methyl sites for hydroxylation is 1. The topological polar surface area (TPSA) is 55.1 Å². The molecule has 3 nitrogen and oxygen atoms in total. The molecule has 0 fully saturated rings. The lowest BCUT2D eigenvalue weighted by Crippen LogP contribution is -2.23. The monoisotopic (exact) mass is 268 g/mol. The summed E-state index contributed by atoms with van der Waals surface area (Å²) in [5, 5.41) is 2.94.